The Hall–Kier alpha value is -3.49. The Morgan fingerprint density at radius 3 is 2.53 bits per heavy atom. The third-order valence-electron chi connectivity index (χ3n) is 5.26. The van der Waals surface area contributed by atoms with Crippen LogP contribution >= 0.6 is 23.4 Å². The minimum Gasteiger partial charge on any atom is -0.339 e. The molecule has 7 nitrogen and oxygen atoms in total. The number of aromatic nitrogens is 6. The lowest BCUT2D eigenvalue weighted by Crippen LogP contribution is -2.02. The quantitative estimate of drug-likeness (QED) is 0.194. The van der Waals surface area contributed by atoms with E-state index in [0.29, 0.717) is 23.2 Å². The Balaban J connectivity index is 1.32. The molecule has 9 heteroatoms. The maximum Gasteiger partial charge on any atom is 0.226 e. The minimum atomic E-state index is 0.581. The standard InChI is InChI=1S/C25H21ClN6OS/c1-17-5-2-3-6-21(17)32-24(19-8-10-20(26)11-9-19)29-30-25(32)34-16-4-7-22-28-23(31-33-22)18-12-14-27-15-13-18/h2-3,5-6,8-15H,4,7,16H2,1H3. The van der Waals surface area contributed by atoms with Crippen LogP contribution in [0.15, 0.2) is 82.7 Å². The van der Waals surface area contributed by atoms with Crippen molar-refractivity contribution in [1.29, 1.82) is 0 Å². The second kappa shape index (κ2) is 10.2. The van der Waals surface area contributed by atoms with Gasteiger partial charge in [-0.3, -0.25) is 9.55 Å². The van der Waals surface area contributed by atoms with Crippen molar-refractivity contribution in [2.24, 2.45) is 0 Å². The average molecular weight is 489 g/mol. The highest BCUT2D eigenvalue weighted by Crippen LogP contribution is 2.30. The fourth-order valence-corrected chi connectivity index (χ4v) is 4.55. The molecule has 0 N–H and O–H groups in total. The molecule has 0 saturated heterocycles. The van der Waals surface area contributed by atoms with Crippen LogP contribution in [0.5, 0.6) is 0 Å². The van der Waals surface area contributed by atoms with Crippen molar-refractivity contribution in [3.8, 4) is 28.5 Å². The van der Waals surface area contributed by atoms with E-state index in [1.165, 1.54) is 0 Å². The van der Waals surface area contributed by atoms with Crippen LogP contribution in [-0.4, -0.2) is 35.6 Å². The molecule has 3 heterocycles. The van der Waals surface area contributed by atoms with Crippen LogP contribution in [0.25, 0.3) is 28.5 Å². The van der Waals surface area contributed by atoms with Crippen LogP contribution in [0.3, 0.4) is 0 Å². The molecule has 0 saturated carbocycles. The Morgan fingerprint density at radius 2 is 1.74 bits per heavy atom. The average Bonchev–Trinajstić information content (AvgIpc) is 3.51. The number of hydrogen-bond acceptors (Lipinski definition) is 7. The lowest BCUT2D eigenvalue weighted by molar-refractivity contribution is 0.378. The summed E-state index contributed by atoms with van der Waals surface area (Å²) in [7, 11) is 0. The predicted octanol–water partition coefficient (Wildman–Crippen LogP) is 6.07. The second-order valence-electron chi connectivity index (χ2n) is 7.63. The summed E-state index contributed by atoms with van der Waals surface area (Å²) < 4.78 is 7.53. The summed E-state index contributed by atoms with van der Waals surface area (Å²) in [5.74, 6) is 2.82. The molecule has 0 spiro atoms. The van der Waals surface area contributed by atoms with E-state index in [2.05, 4.69) is 48.9 Å². The monoisotopic (exact) mass is 488 g/mol. The van der Waals surface area contributed by atoms with Crippen LogP contribution in [0.1, 0.15) is 17.9 Å². The molecule has 0 atom stereocenters. The molecule has 0 amide bonds. The maximum absolute atomic E-state index is 6.09. The molecule has 0 aliphatic rings. The van der Waals surface area contributed by atoms with Gasteiger partial charge in [-0.05, 0) is 61.4 Å². The van der Waals surface area contributed by atoms with Crippen molar-refractivity contribution >= 4 is 23.4 Å². The zero-order valence-corrected chi connectivity index (χ0v) is 20.0. The van der Waals surface area contributed by atoms with Crippen LogP contribution < -0.4 is 0 Å². The van der Waals surface area contributed by atoms with Crippen molar-refractivity contribution in [3.05, 3.63) is 89.5 Å². The van der Waals surface area contributed by atoms with Crippen molar-refractivity contribution in [2.45, 2.75) is 24.9 Å². The Bertz CT molecular complexity index is 1380. The van der Waals surface area contributed by atoms with Gasteiger partial charge in [0.05, 0.1) is 5.69 Å². The van der Waals surface area contributed by atoms with E-state index in [0.717, 1.165) is 45.5 Å². The number of benzene rings is 2. The van der Waals surface area contributed by atoms with Gasteiger partial charge in [-0.15, -0.1) is 10.2 Å². The molecule has 170 valence electrons. The highest BCUT2D eigenvalue weighted by molar-refractivity contribution is 7.99. The highest BCUT2D eigenvalue weighted by Gasteiger charge is 2.17. The van der Waals surface area contributed by atoms with E-state index >= 15 is 0 Å². The predicted molar refractivity (Wildman–Crippen MR) is 133 cm³/mol. The lowest BCUT2D eigenvalue weighted by atomic mass is 10.1. The summed E-state index contributed by atoms with van der Waals surface area (Å²) in [6.45, 7) is 2.09. The Morgan fingerprint density at radius 1 is 0.941 bits per heavy atom. The first-order chi connectivity index (χ1) is 16.7. The van der Waals surface area contributed by atoms with Crippen LogP contribution in [0.2, 0.25) is 5.02 Å². The third kappa shape index (κ3) is 4.88. The summed E-state index contributed by atoms with van der Waals surface area (Å²) >= 11 is 7.75. The van der Waals surface area contributed by atoms with Gasteiger partial charge in [-0.2, -0.15) is 4.98 Å². The number of para-hydroxylation sites is 1. The number of pyridine rings is 1. The number of thioether (sulfide) groups is 1. The molecule has 5 rings (SSSR count). The zero-order chi connectivity index (χ0) is 23.3. The molecule has 0 aliphatic carbocycles. The summed E-state index contributed by atoms with van der Waals surface area (Å²) in [6, 6.07) is 19.6. The van der Waals surface area contributed by atoms with Crippen LogP contribution in [0.4, 0.5) is 0 Å². The summed E-state index contributed by atoms with van der Waals surface area (Å²) in [5.41, 5.74) is 4.05. The number of rotatable bonds is 8. The van der Waals surface area contributed by atoms with Crippen molar-refractivity contribution < 1.29 is 4.52 Å². The summed E-state index contributed by atoms with van der Waals surface area (Å²) in [4.78, 5) is 8.51. The van der Waals surface area contributed by atoms with Gasteiger partial charge < -0.3 is 4.52 Å². The molecule has 0 unspecified atom stereocenters. The Labute approximate surface area is 206 Å². The van der Waals surface area contributed by atoms with Crippen molar-refractivity contribution in [2.75, 3.05) is 5.75 Å². The molecule has 5 aromatic rings. The molecule has 0 radical (unpaired) electrons. The lowest BCUT2D eigenvalue weighted by Gasteiger charge is -2.13. The number of hydrogen-bond donors (Lipinski definition) is 0. The molecular formula is C25H21ClN6OS. The summed E-state index contributed by atoms with van der Waals surface area (Å²) in [5, 5.41) is 14.6. The summed E-state index contributed by atoms with van der Waals surface area (Å²) in [6.07, 6.45) is 4.98. The molecular weight excluding hydrogens is 468 g/mol. The van der Waals surface area contributed by atoms with Gasteiger partial charge in [0.1, 0.15) is 0 Å². The highest BCUT2D eigenvalue weighted by atomic mass is 35.5. The fraction of sp³-hybridized carbons (Fsp3) is 0.160. The van der Waals surface area contributed by atoms with Gasteiger partial charge in [0.25, 0.3) is 0 Å². The molecule has 34 heavy (non-hydrogen) atoms. The van der Waals surface area contributed by atoms with E-state index in [4.69, 9.17) is 16.1 Å². The second-order valence-corrected chi connectivity index (χ2v) is 9.13. The SMILES string of the molecule is Cc1ccccc1-n1c(SCCCc2nc(-c3ccncc3)no2)nnc1-c1ccc(Cl)cc1. The van der Waals surface area contributed by atoms with E-state index in [-0.39, 0.29) is 0 Å². The van der Waals surface area contributed by atoms with Crippen LogP contribution in [-0.2, 0) is 6.42 Å². The smallest absolute Gasteiger partial charge is 0.226 e. The Kier molecular flexibility index (Phi) is 6.69. The topological polar surface area (TPSA) is 82.5 Å². The minimum absolute atomic E-state index is 0.581. The van der Waals surface area contributed by atoms with Gasteiger partial charge in [0.2, 0.25) is 11.7 Å². The largest absolute Gasteiger partial charge is 0.339 e. The van der Waals surface area contributed by atoms with E-state index < -0.39 is 0 Å². The van der Waals surface area contributed by atoms with Crippen molar-refractivity contribution in [1.82, 2.24) is 29.9 Å². The molecule has 3 aromatic heterocycles. The molecule has 0 fully saturated rings. The molecule has 2 aromatic carbocycles. The van der Waals surface area contributed by atoms with Crippen molar-refractivity contribution in [3.63, 3.8) is 0 Å². The van der Waals surface area contributed by atoms with E-state index in [1.54, 1.807) is 24.2 Å². The van der Waals surface area contributed by atoms with Crippen LogP contribution in [0, 0.1) is 6.92 Å². The normalized spacial score (nSPS) is 11.1. The maximum atomic E-state index is 6.09. The van der Waals surface area contributed by atoms with Gasteiger partial charge in [0, 0.05) is 40.7 Å². The zero-order valence-electron chi connectivity index (χ0n) is 18.4. The number of nitrogens with zero attached hydrogens (tertiary/aromatic N) is 6. The first-order valence-corrected chi connectivity index (χ1v) is 12.2. The van der Waals surface area contributed by atoms with E-state index in [9.17, 15) is 0 Å². The van der Waals surface area contributed by atoms with Gasteiger partial charge in [0.15, 0.2) is 11.0 Å². The van der Waals surface area contributed by atoms with Gasteiger partial charge in [-0.1, -0.05) is 46.7 Å². The first kappa shape index (κ1) is 22.3. The fourth-order valence-electron chi connectivity index (χ4n) is 3.54. The first-order valence-electron chi connectivity index (χ1n) is 10.8. The van der Waals surface area contributed by atoms with E-state index in [1.807, 2.05) is 48.5 Å². The number of aryl methyl sites for hydroxylation is 2. The number of halogens is 1. The van der Waals surface area contributed by atoms with Gasteiger partial charge >= 0.3 is 0 Å². The molecule has 0 aliphatic heterocycles. The van der Waals surface area contributed by atoms with Gasteiger partial charge in [-0.25, -0.2) is 0 Å². The third-order valence-corrected chi connectivity index (χ3v) is 6.53. The molecule has 0 bridgehead atoms.